The summed E-state index contributed by atoms with van der Waals surface area (Å²) in [5.41, 5.74) is 5.25. The second-order valence-electron chi connectivity index (χ2n) is 4.98. The monoisotopic (exact) mass is 302 g/mol. The van der Waals surface area contributed by atoms with Crippen LogP contribution < -0.4 is 5.73 Å². The summed E-state index contributed by atoms with van der Waals surface area (Å²) in [4.78, 5) is -0.157. The first-order valence-electron chi connectivity index (χ1n) is 6.50. The van der Waals surface area contributed by atoms with Crippen molar-refractivity contribution in [3.05, 3.63) is 24.0 Å². The Morgan fingerprint density at radius 3 is 2.95 bits per heavy atom. The van der Waals surface area contributed by atoms with Crippen LogP contribution in [0.4, 0.5) is 10.1 Å². The normalized spacial score (nSPS) is 21.0. The van der Waals surface area contributed by atoms with Crippen LogP contribution in [0.25, 0.3) is 0 Å². The van der Waals surface area contributed by atoms with Gasteiger partial charge in [0.1, 0.15) is 10.7 Å². The van der Waals surface area contributed by atoms with Gasteiger partial charge in [0, 0.05) is 20.2 Å². The van der Waals surface area contributed by atoms with Crippen LogP contribution in [0.5, 0.6) is 0 Å². The molecule has 1 fully saturated rings. The highest BCUT2D eigenvalue weighted by molar-refractivity contribution is 7.89. The fourth-order valence-corrected chi connectivity index (χ4v) is 4.18. The summed E-state index contributed by atoms with van der Waals surface area (Å²) in [5, 5.41) is 0. The van der Waals surface area contributed by atoms with Crippen LogP contribution in [0.15, 0.2) is 23.1 Å². The van der Waals surface area contributed by atoms with E-state index in [0.717, 1.165) is 18.9 Å². The molecule has 112 valence electrons. The zero-order chi connectivity index (χ0) is 14.8. The number of rotatable bonds is 4. The molecular weight excluding hydrogens is 283 g/mol. The number of nitrogens with two attached hydrogens (primary N) is 1. The van der Waals surface area contributed by atoms with E-state index in [1.165, 1.54) is 16.4 Å². The molecule has 7 heteroatoms. The molecule has 1 heterocycles. The smallest absolute Gasteiger partial charge is 0.245 e. The first-order valence-corrected chi connectivity index (χ1v) is 7.94. The number of nitrogen functional groups attached to an aromatic ring is 1. The summed E-state index contributed by atoms with van der Waals surface area (Å²) >= 11 is 0. The molecule has 1 unspecified atom stereocenters. The van der Waals surface area contributed by atoms with Crippen LogP contribution in [0, 0.1) is 11.7 Å². The highest BCUT2D eigenvalue weighted by Crippen LogP contribution is 2.28. The molecule has 0 bridgehead atoms. The molecule has 1 aliphatic heterocycles. The van der Waals surface area contributed by atoms with E-state index in [4.69, 9.17) is 10.5 Å². The molecule has 0 aliphatic carbocycles. The zero-order valence-electron chi connectivity index (χ0n) is 11.4. The number of ether oxygens (including phenoxy) is 1. The molecule has 5 nitrogen and oxygen atoms in total. The third-order valence-corrected chi connectivity index (χ3v) is 5.44. The van der Waals surface area contributed by atoms with E-state index in [1.54, 1.807) is 7.11 Å². The Kier molecular flexibility index (Phi) is 4.62. The summed E-state index contributed by atoms with van der Waals surface area (Å²) in [6.45, 7) is 1.33. The minimum Gasteiger partial charge on any atom is -0.395 e. The van der Waals surface area contributed by atoms with Crippen LogP contribution in [0.2, 0.25) is 0 Å². The highest BCUT2D eigenvalue weighted by Gasteiger charge is 2.32. The fraction of sp³-hybridized carbons (Fsp3) is 0.538. The lowest BCUT2D eigenvalue weighted by Gasteiger charge is -2.31. The van der Waals surface area contributed by atoms with Gasteiger partial charge in [0.15, 0.2) is 0 Å². The van der Waals surface area contributed by atoms with Crippen LogP contribution in [0.1, 0.15) is 12.8 Å². The lowest BCUT2D eigenvalue weighted by Crippen LogP contribution is -2.41. The Morgan fingerprint density at radius 2 is 2.25 bits per heavy atom. The molecule has 1 aliphatic rings. The van der Waals surface area contributed by atoms with Crippen molar-refractivity contribution in [3.63, 3.8) is 0 Å². The first kappa shape index (κ1) is 15.2. The van der Waals surface area contributed by atoms with Gasteiger partial charge in [0.25, 0.3) is 0 Å². The van der Waals surface area contributed by atoms with Gasteiger partial charge in [-0.25, -0.2) is 12.8 Å². The van der Waals surface area contributed by atoms with E-state index >= 15 is 0 Å². The van der Waals surface area contributed by atoms with Gasteiger partial charge in [0.2, 0.25) is 10.0 Å². The summed E-state index contributed by atoms with van der Waals surface area (Å²) in [7, 11) is -2.16. The second kappa shape index (κ2) is 6.07. The molecule has 20 heavy (non-hydrogen) atoms. The largest absolute Gasteiger partial charge is 0.395 e. The van der Waals surface area contributed by atoms with Crippen LogP contribution >= 0.6 is 0 Å². The zero-order valence-corrected chi connectivity index (χ0v) is 12.2. The average molecular weight is 302 g/mol. The molecule has 0 spiro atoms. The van der Waals surface area contributed by atoms with Gasteiger partial charge < -0.3 is 10.5 Å². The molecule has 0 aromatic heterocycles. The number of anilines is 1. The highest BCUT2D eigenvalue weighted by atomic mass is 32.2. The minimum absolute atomic E-state index is 0.157. The Hall–Kier alpha value is -1.18. The van der Waals surface area contributed by atoms with Gasteiger partial charge in [0.05, 0.1) is 12.3 Å². The fourth-order valence-electron chi connectivity index (χ4n) is 2.50. The summed E-state index contributed by atoms with van der Waals surface area (Å²) in [5.74, 6) is -0.546. The second-order valence-corrected chi connectivity index (χ2v) is 6.88. The Bertz CT molecular complexity index is 575. The maximum atomic E-state index is 13.4. The van der Waals surface area contributed by atoms with Crippen molar-refractivity contribution in [2.45, 2.75) is 17.7 Å². The number of benzene rings is 1. The number of hydrogen-bond acceptors (Lipinski definition) is 4. The maximum absolute atomic E-state index is 13.4. The van der Waals surface area contributed by atoms with E-state index in [9.17, 15) is 12.8 Å². The standard InChI is InChI=1S/C13H19FN2O3S/c1-19-9-10-4-3-7-16(8-10)20(17,18)12-6-2-5-11(14)13(12)15/h2,5-6,10H,3-4,7-9,15H2,1H3. The van der Waals surface area contributed by atoms with Crippen molar-refractivity contribution in [1.29, 1.82) is 0 Å². The average Bonchev–Trinajstić information content (AvgIpc) is 2.42. The topological polar surface area (TPSA) is 72.6 Å². The number of halogens is 1. The van der Waals surface area contributed by atoms with Crippen molar-refractivity contribution in [3.8, 4) is 0 Å². The number of sulfonamides is 1. The molecule has 1 saturated heterocycles. The minimum atomic E-state index is -3.75. The SMILES string of the molecule is COCC1CCCN(S(=O)(=O)c2cccc(F)c2N)C1. The van der Waals surface area contributed by atoms with Crippen LogP contribution in [-0.2, 0) is 14.8 Å². The van der Waals surface area contributed by atoms with Crippen molar-refractivity contribution in [1.82, 2.24) is 4.31 Å². The molecule has 2 rings (SSSR count). The van der Waals surface area contributed by atoms with Crippen LogP contribution in [-0.4, -0.2) is 39.5 Å². The van der Waals surface area contributed by atoms with E-state index in [2.05, 4.69) is 0 Å². The maximum Gasteiger partial charge on any atom is 0.245 e. The third kappa shape index (κ3) is 2.94. The third-order valence-electron chi connectivity index (χ3n) is 3.51. The lowest BCUT2D eigenvalue weighted by atomic mass is 10.0. The van der Waals surface area contributed by atoms with Gasteiger partial charge in [-0.1, -0.05) is 6.07 Å². The van der Waals surface area contributed by atoms with Gasteiger partial charge in [-0.2, -0.15) is 4.31 Å². The Balaban J connectivity index is 2.28. The molecule has 1 aromatic rings. The predicted molar refractivity (Wildman–Crippen MR) is 74.2 cm³/mol. The van der Waals surface area contributed by atoms with Crippen LogP contribution in [0.3, 0.4) is 0 Å². The number of hydrogen-bond donors (Lipinski definition) is 1. The molecule has 0 radical (unpaired) electrons. The van der Waals surface area contributed by atoms with E-state index in [-0.39, 0.29) is 16.5 Å². The van der Waals surface area contributed by atoms with Crippen molar-refractivity contribution < 1.29 is 17.5 Å². The summed E-state index contributed by atoms with van der Waals surface area (Å²) in [6, 6.07) is 3.85. The molecule has 0 amide bonds. The molecule has 2 N–H and O–H groups in total. The number of para-hydroxylation sites is 1. The van der Waals surface area contributed by atoms with Crippen molar-refractivity contribution in [2.24, 2.45) is 5.92 Å². The van der Waals surface area contributed by atoms with E-state index in [1.807, 2.05) is 0 Å². The number of piperidine rings is 1. The first-order chi connectivity index (χ1) is 9.46. The number of nitrogens with zero attached hydrogens (tertiary/aromatic N) is 1. The van der Waals surface area contributed by atoms with Crippen molar-refractivity contribution in [2.75, 3.05) is 32.5 Å². The molecule has 1 aromatic carbocycles. The van der Waals surface area contributed by atoms with Gasteiger partial charge in [-0.05, 0) is 30.9 Å². The molecular formula is C13H19FN2O3S. The Morgan fingerprint density at radius 1 is 1.50 bits per heavy atom. The quantitative estimate of drug-likeness (QED) is 0.855. The van der Waals surface area contributed by atoms with Gasteiger partial charge in [-0.3, -0.25) is 0 Å². The molecule has 1 atom stereocenters. The van der Waals surface area contributed by atoms with E-state index in [0.29, 0.717) is 19.7 Å². The Labute approximate surface area is 118 Å². The van der Waals surface area contributed by atoms with Gasteiger partial charge in [-0.15, -0.1) is 0 Å². The van der Waals surface area contributed by atoms with Gasteiger partial charge >= 0.3 is 0 Å². The lowest BCUT2D eigenvalue weighted by molar-refractivity contribution is 0.118. The molecule has 0 saturated carbocycles. The van der Waals surface area contributed by atoms with E-state index < -0.39 is 15.8 Å². The summed E-state index contributed by atoms with van der Waals surface area (Å²) in [6.07, 6.45) is 1.70. The summed E-state index contributed by atoms with van der Waals surface area (Å²) < 4.78 is 45.0. The number of methoxy groups -OCH3 is 1. The van der Waals surface area contributed by atoms with Crippen molar-refractivity contribution >= 4 is 15.7 Å². The predicted octanol–water partition coefficient (Wildman–Crippen LogP) is 1.46.